The fraction of sp³-hybridized carbons (Fsp3) is 0. The first-order valence-electron chi connectivity index (χ1n) is 5.09. The van der Waals surface area contributed by atoms with Crippen molar-refractivity contribution in [3.8, 4) is 17.2 Å². The minimum atomic E-state index is -1.000. The maximum Gasteiger partial charge on any atom is 0.382 e. The van der Waals surface area contributed by atoms with E-state index in [9.17, 15) is 9.90 Å². The highest BCUT2D eigenvalue weighted by atomic mass is 16.4. The van der Waals surface area contributed by atoms with Gasteiger partial charge in [-0.05, 0) is 23.8 Å². The van der Waals surface area contributed by atoms with Crippen molar-refractivity contribution in [3.63, 3.8) is 0 Å². The largest absolute Gasteiger partial charge is 0.508 e. The third-order valence-corrected chi connectivity index (χ3v) is 2.26. The molecule has 1 heterocycles. The Morgan fingerprint density at radius 1 is 1.00 bits per heavy atom. The van der Waals surface area contributed by atoms with Crippen molar-refractivity contribution in [2.45, 2.75) is 0 Å². The summed E-state index contributed by atoms with van der Waals surface area (Å²) in [6.07, 6.45) is 3.10. The van der Waals surface area contributed by atoms with Gasteiger partial charge in [-0.3, -0.25) is 0 Å². The van der Waals surface area contributed by atoms with Crippen molar-refractivity contribution in [2.24, 2.45) is 0 Å². The Hall–Kier alpha value is -2.69. The van der Waals surface area contributed by atoms with Crippen molar-refractivity contribution in [1.29, 1.82) is 0 Å². The van der Waals surface area contributed by atoms with Crippen LogP contribution >= 0.6 is 0 Å². The van der Waals surface area contributed by atoms with Crippen LogP contribution in [0.15, 0.2) is 39.5 Å². The highest BCUT2D eigenvalue weighted by Gasteiger charge is 2.07. The van der Waals surface area contributed by atoms with E-state index in [4.69, 9.17) is 14.6 Å². The zero-order chi connectivity index (χ0) is 13.1. The molecule has 0 unspecified atom stereocenters. The summed E-state index contributed by atoms with van der Waals surface area (Å²) in [6, 6.07) is 7.51. The van der Waals surface area contributed by atoms with Gasteiger partial charge >= 0.3 is 5.63 Å². The smallest absolute Gasteiger partial charge is 0.382 e. The Kier molecular flexibility index (Phi) is 3.05. The van der Waals surface area contributed by atoms with E-state index in [1.54, 1.807) is 18.2 Å². The molecule has 0 fully saturated rings. The van der Waals surface area contributed by atoms with Gasteiger partial charge in [-0.2, -0.15) is 0 Å². The SMILES string of the molecule is O=c1oc(/C=C/c2ccc(O)cc2)cc(O)c1O. The molecule has 1 aromatic carbocycles. The topological polar surface area (TPSA) is 90.9 Å². The van der Waals surface area contributed by atoms with Crippen molar-refractivity contribution in [3.05, 3.63) is 52.1 Å². The van der Waals surface area contributed by atoms with Gasteiger partial charge in [0, 0.05) is 6.07 Å². The zero-order valence-corrected chi connectivity index (χ0v) is 9.20. The van der Waals surface area contributed by atoms with E-state index in [1.165, 1.54) is 18.2 Å². The molecule has 0 radical (unpaired) electrons. The summed E-state index contributed by atoms with van der Waals surface area (Å²) in [5.41, 5.74) is -0.219. The Bertz CT molecular complexity index is 637. The third-order valence-electron chi connectivity index (χ3n) is 2.26. The van der Waals surface area contributed by atoms with Crippen molar-refractivity contribution < 1.29 is 19.7 Å². The number of aromatic hydroxyl groups is 3. The van der Waals surface area contributed by atoms with Crippen molar-refractivity contribution in [1.82, 2.24) is 0 Å². The van der Waals surface area contributed by atoms with Gasteiger partial charge in [-0.15, -0.1) is 0 Å². The van der Waals surface area contributed by atoms with Gasteiger partial charge in [-0.1, -0.05) is 18.2 Å². The Balaban J connectivity index is 2.29. The van der Waals surface area contributed by atoms with Crippen LogP contribution in [-0.4, -0.2) is 15.3 Å². The average Bonchev–Trinajstić information content (AvgIpc) is 2.35. The first kappa shape index (κ1) is 11.8. The molecule has 3 N–H and O–H groups in total. The molecule has 5 heteroatoms. The van der Waals surface area contributed by atoms with Gasteiger partial charge < -0.3 is 19.7 Å². The second-order valence-electron chi connectivity index (χ2n) is 3.59. The van der Waals surface area contributed by atoms with E-state index in [2.05, 4.69) is 0 Å². The molecule has 0 atom stereocenters. The van der Waals surface area contributed by atoms with E-state index in [0.29, 0.717) is 0 Å². The Morgan fingerprint density at radius 3 is 2.28 bits per heavy atom. The molecule has 2 rings (SSSR count). The van der Waals surface area contributed by atoms with Gasteiger partial charge in [0.2, 0.25) is 5.75 Å². The van der Waals surface area contributed by atoms with Gasteiger partial charge in [-0.25, -0.2) is 4.79 Å². The standard InChI is InChI=1S/C13H10O5/c14-9-4-1-8(2-5-9)3-6-10-7-11(15)12(16)13(17)18-10/h1-7,14-16H/b6-3+. The van der Waals surface area contributed by atoms with Crippen molar-refractivity contribution >= 4 is 12.2 Å². The van der Waals surface area contributed by atoms with Gasteiger partial charge in [0.25, 0.3) is 0 Å². The quantitative estimate of drug-likeness (QED) is 0.753. The van der Waals surface area contributed by atoms with Gasteiger partial charge in [0.05, 0.1) is 0 Å². The van der Waals surface area contributed by atoms with E-state index >= 15 is 0 Å². The number of phenols is 1. The summed E-state index contributed by atoms with van der Waals surface area (Å²) in [7, 11) is 0. The molecule has 0 amide bonds. The molecule has 0 aliphatic carbocycles. The monoisotopic (exact) mass is 246 g/mol. The molecule has 5 nitrogen and oxygen atoms in total. The summed E-state index contributed by atoms with van der Waals surface area (Å²) in [5, 5.41) is 27.4. The summed E-state index contributed by atoms with van der Waals surface area (Å²) in [5.74, 6) is -1.07. The lowest BCUT2D eigenvalue weighted by atomic mass is 10.2. The van der Waals surface area contributed by atoms with Crippen LogP contribution in [0.3, 0.4) is 0 Å². The second-order valence-corrected chi connectivity index (χ2v) is 3.59. The van der Waals surface area contributed by atoms with E-state index in [-0.39, 0.29) is 11.5 Å². The molecule has 0 aliphatic heterocycles. The maximum absolute atomic E-state index is 11.1. The molecule has 0 saturated heterocycles. The van der Waals surface area contributed by atoms with Crippen molar-refractivity contribution in [2.75, 3.05) is 0 Å². The van der Waals surface area contributed by atoms with Crippen LogP contribution in [0.25, 0.3) is 12.2 Å². The first-order chi connectivity index (χ1) is 8.56. The zero-order valence-electron chi connectivity index (χ0n) is 9.20. The van der Waals surface area contributed by atoms with E-state index < -0.39 is 17.1 Å². The second kappa shape index (κ2) is 4.67. The lowest BCUT2D eigenvalue weighted by Crippen LogP contribution is -1.98. The summed E-state index contributed by atoms with van der Waals surface area (Å²) in [4.78, 5) is 11.1. The lowest BCUT2D eigenvalue weighted by molar-refractivity contribution is 0.362. The number of phenolic OH excluding ortho intramolecular Hbond substituents is 1. The van der Waals surface area contributed by atoms with Crippen LogP contribution in [0.5, 0.6) is 17.2 Å². The molecule has 0 aliphatic rings. The number of rotatable bonds is 2. The number of benzene rings is 1. The Morgan fingerprint density at radius 2 is 1.67 bits per heavy atom. The fourth-order valence-electron chi connectivity index (χ4n) is 1.34. The van der Waals surface area contributed by atoms with Crippen LogP contribution in [0.2, 0.25) is 0 Å². The predicted octanol–water partition coefficient (Wildman–Crippen LogP) is 1.93. The lowest BCUT2D eigenvalue weighted by Gasteiger charge is -1.97. The van der Waals surface area contributed by atoms with E-state index in [1.807, 2.05) is 0 Å². The fourth-order valence-corrected chi connectivity index (χ4v) is 1.34. The molecule has 0 bridgehead atoms. The Labute approximate surface area is 102 Å². The van der Waals surface area contributed by atoms with E-state index in [0.717, 1.165) is 11.6 Å². The molecular weight excluding hydrogens is 236 g/mol. The summed E-state index contributed by atoms with van der Waals surface area (Å²) >= 11 is 0. The maximum atomic E-state index is 11.1. The van der Waals surface area contributed by atoms with Crippen LogP contribution in [-0.2, 0) is 0 Å². The predicted molar refractivity (Wildman–Crippen MR) is 65.3 cm³/mol. The highest BCUT2D eigenvalue weighted by molar-refractivity contribution is 5.68. The molecule has 0 spiro atoms. The highest BCUT2D eigenvalue weighted by Crippen LogP contribution is 2.21. The van der Waals surface area contributed by atoms with Crippen LogP contribution in [0.1, 0.15) is 11.3 Å². The number of hydrogen-bond donors (Lipinski definition) is 3. The van der Waals surface area contributed by atoms with Crippen LogP contribution in [0, 0.1) is 0 Å². The number of hydrogen-bond acceptors (Lipinski definition) is 5. The molecule has 18 heavy (non-hydrogen) atoms. The minimum Gasteiger partial charge on any atom is -0.508 e. The van der Waals surface area contributed by atoms with Gasteiger partial charge in [0.15, 0.2) is 5.75 Å². The normalized spacial score (nSPS) is 10.9. The molecule has 2 aromatic rings. The molecular formula is C13H10O5. The molecule has 0 saturated carbocycles. The first-order valence-corrected chi connectivity index (χ1v) is 5.09. The third kappa shape index (κ3) is 2.52. The summed E-state index contributed by atoms with van der Waals surface area (Å²) < 4.78 is 4.73. The molecule has 92 valence electrons. The van der Waals surface area contributed by atoms with Gasteiger partial charge in [0.1, 0.15) is 11.5 Å². The molecule has 1 aromatic heterocycles. The minimum absolute atomic E-state index is 0.114. The average molecular weight is 246 g/mol. The summed E-state index contributed by atoms with van der Waals surface area (Å²) in [6.45, 7) is 0. The van der Waals surface area contributed by atoms with Crippen LogP contribution < -0.4 is 5.63 Å². The van der Waals surface area contributed by atoms with Crippen LogP contribution in [0.4, 0.5) is 0 Å².